The minimum absolute atomic E-state index is 0.0914. The molecule has 0 nitrogen and oxygen atoms in total. The summed E-state index contributed by atoms with van der Waals surface area (Å²) >= 11 is 12.3. The van der Waals surface area contributed by atoms with E-state index in [-0.39, 0.29) is 16.6 Å². The van der Waals surface area contributed by atoms with Crippen LogP contribution in [0, 0.1) is 5.92 Å². The number of alkyl halides is 2. The van der Waals surface area contributed by atoms with Crippen LogP contribution >= 0.6 is 23.2 Å². The standard InChI is InChI=1S/C11H19BCl2/c1-2-3-4-5-6-8-9(13)7-10(14)11(8)12/h8-11H,2-7H2,1H3. The van der Waals surface area contributed by atoms with Crippen molar-refractivity contribution in [2.24, 2.45) is 5.92 Å². The number of halogens is 2. The monoisotopic (exact) mass is 232 g/mol. The normalized spacial score (nSPS) is 37.6. The Hall–Kier alpha value is 0.645. The second kappa shape index (κ2) is 6.28. The van der Waals surface area contributed by atoms with Crippen LogP contribution in [0.5, 0.6) is 0 Å². The molecule has 1 saturated carbocycles. The molecule has 1 aliphatic carbocycles. The van der Waals surface area contributed by atoms with Crippen LogP contribution < -0.4 is 0 Å². The molecule has 4 unspecified atom stereocenters. The summed E-state index contributed by atoms with van der Waals surface area (Å²) in [5.74, 6) is 0.553. The van der Waals surface area contributed by atoms with Gasteiger partial charge in [0.1, 0.15) is 0 Å². The predicted octanol–water partition coefficient (Wildman–Crippen LogP) is 4.15. The molecule has 0 bridgehead atoms. The molecular formula is C11H19BCl2. The van der Waals surface area contributed by atoms with E-state index in [0.29, 0.717) is 5.92 Å². The van der Waals surface area contributed by atoms with Crippen LogP contribution in [0.2, 0.25) is 5.82 Å². The Balaban J connectivity index is 2.22. The van der Waals surface area contributed by atoms with E-state index in [1.165, 1.54) is 25.7 Å². The van der Waals surface area contributed by atoms with Gasteiger partial charge in [-0.25, -0.2) is 0 Å². The zero-order chi connectivity index (χ0) is 10.6. The Morgan fingerprint density at radius 1 is 1.14 bits per heavy atom. The molecule has 0 aromatic rings. The predicted molar refractivity (Wildman–Crippen MR) is 65.7 cm³/mol. The molecular weight excluding hydrogens is 214 g/mol. The fourth-order valence-electron chi connectivity index (χ4n) is 2.24. The average Bonchev–Trinajstić information content (AvgIpc) is 2.38. The lowest BCUT2D eigenvalue weighted by molar-refractivity contribution is 0.472. The molecule has 0 spiro atoms. The molecule has 3 heteroatoms. The molecule has 0 N–H and O–H groups in total. The second-order valence-corrected chi connectivity index (χ2v) is 5.48. The highest BCUT2D eigenvalue weighted by atomic mass is 35.5. The maximum Gasteiger partial charge on any atom is 0.0724 e. The van der Waals surface area contributed by atoms with E-state index in [4.69, 9.17) is 31.0 Å². The first kappa shape index (κ1) is 12.7. The van der Waals surface area contributed by atoms with Gasteiger partial charge in [-0.1, -0.05) is 38.4 Å². The van der Waals surface area contributed by atoms with Gasteiger partial charge in [0.15, 0.2) is 0 Å². The third kappa shape index (κ3) is 3.34. The van der Waals surface area contributed by atoms with Crippen molar-refractivity contribution in [2.75, 3.05) is 0 Å². The zero-order valence-electron chi connectivity index (χ0n) is 8.89. The lowest BCUT2D eigenvalue weighted by atomic mass is 9.76. The Bertz CT molecular complexity index is 163. The Morgan fingerprint density at radius 2 is 1.86 bits per heavy atom. The summed E-state index contributed by atoms with van der Waals surface area (Å²) in [6.07, 6.45) is 7.18. The van der Waals surface area contributed by atoms with Gasteiger partial charge in [0, 0.05) is 10.8 Å². The molecule has 4 atom stereocenters. The largest absolute Gasteiger partial charge is 0.123 e. The molecule has 2 radical (unpaired) electrons. The first-order valence-electron chi connectivity index (χ1n) is 5.70. The molecule has 14 heavy (non-hydrogen) atoms. The van der Waals surface area contributed by atoms with Gasteiger partial charge in [0.2, 0.25) is 0 Å². The molecule has 1 aliphatic rings. The summed E-state index contributed by atoms with van der Waals surface area (Å²) < 4.78 is 0. The van der Waals surface area contributed by atoms with E-state index in [1.807, 2.05) is 0 Å². The van der Waals surface area contributed by atoms with Crippen LogP contribution in [-0.4, -0.2) is 18.6 Å². The van der Waals surface area contributed by atoms with Gasteiger partial charge >= 0.3 is 0 Å². The van der Waals surface area contributed by atoms with Gasteiger partial charge in [0.25, 0.3) is 0 Å². The van der Waals surface area contributed by atoms with Crippen molar-refractivity contribution in [3.8, 4) is 0 Å². The fourth-order valence-corrected chi connectivity index (χ4v) is 3.19. The third-order valence-electron chi connectivity index (χ3n) is 3.22. The topological polar surface area (TPSA) is 0 Å². The fraction of sp³-hybridized carbons (Fsp3) is 1.00. The highest BCUT2D eigenvalue weighted by Crippen LogP contribution is 2.43. The summed E-state index contributed by atoms with van der Waals surface area (Å²) in [4.78, 5) is 0. The summed E-state index contributed by atoms with van der Waals surface area (Å²) in [6, 6.07) is 0. The van der Waals surface area contributed by atoms with Crippen molar-refractivity contribution in [2.45, 2.75) is 62.0 Å². The maximum absolute atomic E-state index is 6.22. The summed E-state index contributed by atoms with van der Waals surface area (Å²) in [6.45, 7) is 2.22. The second-order valence-electron chi connectivity index (χ2n) is 4.36. The number of unbranched alkanes of at least 4 members (excludes halogenated alkanes) is 3. The minimum atomic E-state index is 0.0914. The van der Waals surface area contributed by atoms with Gasteiger partial charge < -0.3 is 0 Å². The minimum Gasteiger partial charge on any atom is -0.123 e. The maximum atomic E-state index is 6.22. The highest BCUT2D eigenvalue weighted by molar-refractivity contribution is 6.29. The van der Waals surface area contributed by atoms with E-state index in [2.05, 4.69) is 6.92 Å². The van der Waals surface area contributed by atoms with Crippen LogP contribution in [0.1, 0.15) is 45.4 Å². The zero-order valence-corrected chi connectivity index (χ0v) is 10.4. The lowest BCUT2D eigenvalue weighted by Gasteiger charge is -2.19. The van der Waals surface area contributed by atoms with E-state index in [0.717, 1.165) is 12.8 Å². The van der Waals surface area contributed by atoms with Gasteiger partial charge in [-0.05, 0) is 18.8 Å². The molecule has 0 aromatic carbocycles. The molecule has 0 heterocycles. The SMILES string of the molecule is [B]C1C(Cl)CC(Cl)C1CCCCCC. The van der Waals surface area contributed by atoms with E-state index >= 15 is 0 Å². The molecule has 0 amide bonds. The van der Waals surface area contributed by atoms with Crippen LogP contribution in [-0.2, 0) is 0 Å². The van der Waals surface area contributed by atoms with E-state index in [9.17, 15) is 0 Å². The number of hydrogen-bond acceptors (Lipinski definition) is 0. The van der Waals surface area contributed by atoms with Gasteiger partial charge in [-0.2, -0.15) is 0 Å². The van der Waals surface area contributed by atoms with Crippen LogP contribution in [0.3, 0.4) is 0 Å². The molecule has 0 aromatic heterocycles. The lowest BCUT2D eigenvalue weighted by Crippen LogP contribution is -2.13. The van der Waals surface area contributed by atoms with Crippen molar-refractivity contribution in [1.82, 2.24) is 0 Å². The van der Waals surface area contributed by atoms with Crippen molar-refractivity contribution in [3.05, 3.63) is 0 Å². The van der Waals surface area contributed by atoms with Crippen LogP contribution in [0.25, 0.3) is 0 Å². The van der Waals surface area contributed by atoms with E-state index in [1.54, 1.807) is 0 Å². The quantitative estimate of drug-likeness (QED) is 0.380. The van der Waals surface area contributed by atoms with Crippen molar-refractivity contribution < 1.29 is 0 Å². The Labute approximate surface area is 99.1 Å². The summed E-state index contributed by atoms with van der Waals surface area (Å²) in [5.41, 5.74) is 0. The molecule has 1 rings (SSSR count). The summed E-state index contributed by atoms with van der Waals surface area (Å²) in [7, 11) is 6.01. The molecule has 0 aliphatic heterocycles. The smallest absolute Gasteiger partial charge is 0.0724 e. The first-order valence-corrected chi connectivity index (χ1v) is 6.57. The molecule has 80 valence electrons. The highest BCUT2D eigenvalue weighted by Gasteiger charge is 2.37. The average molecular weight is 233 g/mol. The van der Waals surface area contributed by atoms with Gasteiger partial charge in [-0.15, -0.1) is 23.2 Å². The number of rotatable bonds is 5. The number of hydrogen-bond donors (Lipinski definition) is 0. The van der Waals surface area contributed by atoms with Gasteiger partial charge in [0.05, 0.1) is 7.85 Å². The van der Waals surface area contributed by atoms with Crippen molar-refractivity contribution in [3.63, 3.8) is 0 Å². The van der Waals surface area contributed by atoms with Gasteiger partial charge in [-0.3, -0.25) is 0 Å². The molecule has 0 saturated heterocycles. The first-order chi connectivity index (χ1) is 6.66. The van der Waals surface area contributed by atoms with Crippen LogP contribution in [0.4, 0.5) is 0 Å². The Morgan fingerprint density at radius 3 is 2.36 bits per heavy atom. The van der Waals surface area contributed by atoms with Crippen LogP contribution in [0.15, 0.2) is 0 Å². The summed E-state index contributed by atoms with van der Waals surface area (Å²) in [5, 5.41) is 0.294. The van der Waals surface area contributed by atoms with Crippen molar-refractivity contribution in [1.29, 1.82) is 0 Å². The Kier molecular flexibility index (Phi) is 5.70. The third-order valence-corrected chi connectivity index (χ3v) is 4.19. The molecule has 1 fully saturated rings. The van der Waals surface area contributed by atoms with Crippen molar-refractivity contribution >= 4 is 31.0 Å². The van der Waals surface area contributed by atoms with E-state index < -0.39 is 0 Å².